The Balaban J connectivity index is 1.90. The fourth-order valence-electron chi connectivity index (χ4n) is 3.67. The van der Waals surface area contributed by atoms with Crippen LogP contribution in [0, 0.1) is 5.92 Å². The fraction of sp³-hybridized carbons (Fsp3) is 0.286. The molecule has 2 aliphatic rings. The molecule has 1 heterocycles. The third-order valence-electron chi connectivity index (χ3n) is 4.81. The lowest BCUT2D eigenvalue weighted by molar-refractivity contribution is -0.116. The summed E-state index contributed by atoms with van der Waals surface area (Å²) in [5, 5.41) is 3.50. The number of methoxy groups -OCH3 is 1. The molecule has 0 fully saturated rings. The van der Waals surface area contributed by atoms with E-state index in [0.717, 1.165) is 39.6 Å². The second-order valence-electron chi connectivity index (χ2n) is 6.69. The molecule has 4 rings (SSSR count). The van der Waals surface area contributed by atoms with E-state index in [9.17, 15) is 4.79 Å². The molecule has 0 spiro atoms. The Bertz CT molecular complexity index is 858. The number of carbonyl (C=O) groups is 1. The topological polar surface area (TPSA) is 38.3 Å². The number of thioether (sulfide) groups is 1. The maximum absolute atomic E-state index is 13.0. The number of rotatable bonds is 2. The molecule has 25 heavy (non-hydrogen) atoms. The minimum atomic E-state index is -0.0534. The van der Waals surface area contributed by atoms with Crippen molar-refractivity contribution in [1.29, 1.82) is 0 Å². The van der Waals surface area contributed by atoms with E-state index in [-0.39, 0.29) is 11.0 Å². The number of hydrogen-bond donors (Lipinski definition) is 1. The van der Waals surface area contributed by atoms with Gasteiger partial charge in [0.15, 0.2) is 5.78 Å². The minimum Gasteiger partial charge on any atom is -0.496 e. The van der Waals surface area contributed by atoms with Gasteiger partial charge in [-0.2, -0.15) is 0 Å². The number of benzene rings is 2. The largest absolute Gasteiger partial charge is 0.496 e. The maximum atomic E-state index is 13.0. The molecule has 128 valence electrons. The van der Waals surface area contributed by atoms with Gasteiger partial charge in [-0.3, -0.25) is 4.79 Å². The van der Waals surface area contributed by atoms with Crippen LogP contribution >= 0.6 is 11.8 Å². The van der Waals surface area contributed by atoms with Gasteiger partial charge in [-0.1, -0.05) is 37.3 Å². The Hall–Kier alpha value is -2.20. The first-order chi connectivity index (χ1) is 12.2. The van der Waals surface area contributed by atoms with Crippen LogP contribution in [-0.2, 0) is 4.79 Å². The predicted molar refractivity (Wildman–Crippen MR) is 102 cm³/mol. The first kappa shape index (κ1) is 16.3. The van der Waals surface area contributed by atoms with Crippen molar-refractivity contribution in [3.63, 3.8) is 0 Å². The molecule has 2 atom stereocenters. The summed E-state index contributed by atoms with van der Waals surface area (Å²) in [4.78, 5) is 14.1. The molecule has 3 nitrogen and oxygen atoms in total. The number of hydrogen-bond acceptors (Lipinski definition) is 4. The number of ketones is 1. The highest BCUT2D eigenvalue weighted by atomic mass is 32.2. The maximum Gasteiger partial charge on any atom is 0.162 e. The highest BCUT2D eigenvalue weighted by Crippen LogP contribution is 2.51. The number of ether oxygens (including phenoxy) is 1. The smallest absolute Gasteiger partial charge is 0.162 e. The zero-order valence-electron chi connectivity index (χ0n) is 14.4. The van der Waals surface area contributed by atoms with Crippen LogP contribution in [0.15, 0.2) is 64.7 Å². The third-order valence-corrected chi connectivity index (χ3v) is 6.15. The highest BCUT2D eigenvalue weighted by Gasteiger charge is 2.35. The number of carbonyl (C=O) groups excluding carboxylic acids is 1. The van der Waals surface area contributed by atoms with Gasteiger partial charge < -0.3 is 10.1 Å². The predicted octanol–water partition coefficient (Wildman–Crippen LogP) is 5.21. The summed E-state index contributed by atoms with van der Waals surface area (Å²) >= 11 is 1.73. The lowest BCUT2D eigenvalue weighted by Gasteiger charge is -2.27. The third kappa shape index (κ3) is 2.95. The quantitative estimate of drug-likeness (QED) is 0.806. The summed E-state index contributed by atoms with van der Waals surface area (Å²) in [7, 11) is 1.69. The van der Waals surface area contributed by atoms with E-state index in [1.807, 2.05) is 30.3 Å². The van der Waals surface area contributed by atoms with Gasteiger partial charge in [0.05, 0.1) is 18.0 Å². The second-order valence-corrected chi connectivity index (χ2v) is 7.84. The molecule has 1 N–H and O–H groups in total. The molecule has 0 bridgehead atoms. The number of nitrogens with one attached hydrogen (secondary N) is 1. The summed E-state index contributed by atoms with van der Waals surface area (Å²) in [6.45, 7) is 2.14. The Labute approximate surface area is 152 Å². The van der Waals surface area contributed by atoms with Crippen molar-refractivity contribution in [3.8, 4) is 5.75 Å². The molecule has 1 aliphatic heterocycles. The standard InChI is InChI=1S/C21H21NO2S/c1-13-11-16-20(17(23)12-13)21(14-7-3-5-9-18(14)24-2)25-19-10-6-4-8-15(19)22-16/h3-10,13,21-22H,11-12H2,1-2H3/t13-,21+/m0/s1. The Kier molecular flexibility index (Phi) is 4.30. The number of para-hydroxylation sites is 2. The van der Waals surface area contributed by atoms with Gasteiger partial charge in [0.1, 0.15) is 5.75 Å². The lowest BCUT2D eigenvalue weighted by atomic mass is 9.84. The molecule has 0 amide bonds. The van der Waals surface area contributed by atoms with Crippen LogP contribution in [0.2, 0.25) is 0 Å². The first-order valence-corrected chi connectivity index (χ1v) is 9.47. The van der Waals surface area contributed by atoms with E-state index in [1.165, 1.54) is 0 Å². The fourth-order valence-corrected chi connectivity index (χ4v) is 5.04. The zero-order valence-corrected chi connectivity index (χ0v) is 15.2. The van der Waals surface area contributed by atoms with E-state index in [2.05, 4.69) is 30.4 Å². The number of anilines is 1. The van der Waals surface area contributed by atoms with Crippen LogP contribution in [-0.4, -0.2) is 12.9 Å². The molecule has 0 radical (unpaired) electrons. The van der Waals surface area contributed by atoms with Crippen molar-refractivity contribution < 1.29 is 9.53 Å². The van der Waals surface area contributed by atoms with Gasteiger partial charge >= 0.3 is 0 Å². The summed E-state index contributed by atoms with van der Waals surface area (Å²) in [5.41, 5.74) is 4.11. The SMILES string of the molecule is COc1ccccc1[C@H]1Sc2ccccc2NC2=C1C(=O)C[C@@H](C)C2. The zero-order chi connectivity index (χ0) is 17.4. The van der Waals surface area contributed by atoms with Crippen LogP contribution in [0.3, 0.4) is 0 Å². The molecule has 0 aromatic heterocycles. The van der Waals surface area contributed by atoms with Gasteiger partial charge in [-0.25, -0.2) is 0 Å². The molecule has 0 saturated carbocycles. The molecule has 2 aromatic carbocycles. The van der Waals surface area contributed by atoms with Crippen LogP contribution in [0.4, 0.5) is 5.69 Å². The van der Waals surface area contributed by atoms with E-state index < -0.39 is 0 Å². The van der Waals surface area contributed by atoms with Gasteiger partial charge in [0.25, 0.3) is 0 Å². The summed E-state index contributed by atoms with van der Waals surface area (Å²) < 4.78 is 5.60. The van der Waals surface area contributed by atoms with Crippen LogP contribution < -0.4 is 10.1 Å². The van der Waals surface area contributed by atoms with Crippen molar-refractivity contribution in [2.45, 2.75) is 29.9 Å². The Morgan fingerprint density at radius 1 is 1.08 bits per heavy atom. The summed E-state index contributed by atoms with van der Waals surface area (Å²) in [6, 6.07) is 16.3. The van der Waals surface area contributed by atoms with Crippen molar-refractivity contribution in [2.24, 2.45) is 5.92 Å². The van der Waals surface area contributed by atoms with Gasteiger partial charge in [-0.05, 0) is 30.5 Å². The monoisotopic (exact) mass is 351 g/mol. The number of fused-ring (bicyclic) bond motifs is 1. The van der Waals surface area contributed by atoms with Gasteiger partial charge in [0.2, 0.25) is 0 Å². The highest BCUT2D eigenvalue weighted by molar-refractivity contribution is 8.00. The van der Waals surface area contributed by atoms with E-state index in [4.69, 9.17) is 4.74 Å². The molecule has 0 unspecified atom stereocenters. The van der Waals surface area contributed by atoms with Crippen molar-refractivity contribution in [2.75, 3.05) is 12.4 Å². The number of Topliss-reactive ketones (excluding diaryl/α,β-unsaturated/α-hetero) is 1. The summed E-state index contributed by atoms with van der Waals surface area (Å²) in [5.74, 6) is 1.45. The normalized spacial score (nSPS) is 22.6. The van der Waals surface area contributed by atoms with Gasteiger partial charge in [0, 0.05) is 28.1 Å². The molecule has 1 aliphatic carbocycles. The minimum absolute atomic E-state index is 0.0534. The molecule has 2 aromatic rings. The van der Waals surface area contributed by atoms with E-state index in [0.29, 0.717) is 12.3 Å². The second kappa shape index (κ2) is 6.60. The first-order valence-electron chi connectivity index (χ1n) is 8.59. The van der Waals surface area contributed by atoms with Crippen molar-refractivity contribution >= 4 is 23.2 Å². The molecule has 4 heteroatoms. The van der Waals surface area contributed by atoms with Crippen molar-refractivity contribution in [3.05, 3.63) is 65.4 Å². The Morgan fingerprint density at radius 3 is 2.68 bits per heavy atom. The van der Waals surface area contributed by atoms with E-state index >= 15 is 0 Å². The van der Waals surface area contributed by atoms with Crippen LogP contribution in [0.5, 0.6) is 5.75 Å². The van der Waals surface area contributed by atoms with Crippen LogP contribution in [0.1, 0.15) is 30.6 Å². The van der Waals surface area contributed by atoms with Crippen LogP contribution in [0.25, 0.3) is 0 Å². The number of allylic oxidation sites excluding steroid dienone is 1. The lowest BCUT2D eigenvalue weighted by Crippen LogP contribution is -2.23. The van der Waals surface area contributed by atoms with Gasteiger partial charge in [-0.15, -0.1) is 11.8 Å². The summed E-state index contributed by atoms with van der Waals surface area (Å²) in [6.07, 6.45) is 1.52. The average molecular weight is 351 g/mol. The average Bonchev–Trinajstić information content (AvgIpc) is 2.78. The van der Waals surface area contributed by atoms with Crippen molar-refractivity contribution in [1.82, 2.24) is 0 Å². The Morgan fingerprint density at radius 2 is 1.84 bits per heavy atom. The van der Waals surface area contributed by atoms with E-state index in [1.54, 1.807) is 18.9 Å². The molecule has 0 saturated heterocycles. The molecular formula is C21H21NO2S. The molecular weight excluding hydrogens is 330 g/mol.